The lowest BCUT2D eigenvalue weighted by Crippen LogP contribution is -2.40. The molecule has 0 spiro atoms. The summed E-state index contributed by atoms with van der Waals surface area (Å²) in [6, 6.07) is 10.9. The summed E-state index contributed by atoms with van der Waals surface area (Å²) in [4.78, 5) is 30.2. The molecule has 0 unspecified atom stereocenters. The fraction of sp³-hybridized carbons (Fsp3) is 0.440. The van der Waals surface area contributed by atoms with Crippen molar-refractivity contribution in [3.63, 3.8) is 0 Å². The van der Waals surface area contributed by atoms with Crippen molar-refractivity contribution < 1.29 is 14.3 Å². The first-order chi connectivity index (χ1) is 16.1. The lowest BCUT2D eigenvalue weighted by atomic mass is 9.92. The molecule has 1 N–H and O–H groups in total. The predicted octanol–water partition coefficient (Wildman–Crippen LogP) is 4.14. The molecule has 1 saturated heterocycles. The van der Waals surface area contributed by atoms with Gasteiger partial charge >= 0.3 is 0 Å². The molecule has 4 rings (SSSR count). The molecule has 0 radical (unpaired) electrons. The Balaban J connectivity index is 1.24. The van der Waals surface area contributed by atoms with E-state index in [9.17, 15) is 9.59 Å². The van der Waals surface area contributed by atoms with Gasteiger partial charge in [-0.2, -0.15) is 5.26 Å². The van der Waals surface area contributed by atoms with Crippen LogP contribution in [-0.2, 0) is 4.79 Å². The third-order valence-corrected chi connectivity index (χ3v) is 6.76. The van der Waals surface area contributed by atoms with E-state index in [1.54, 1.807) is 30.5 Å². The average Bonchev–Trinajstić information content (AvgIpc) is 2.85. The molecular weight excluding hydrogens is 440 g/mol. The zero-order chi connectivity index (χ0) is 23.2. The fourth-order valence-corrected chi connectivity index (χ4v) is 4.65. The smallest absolute Gasteiger partial charge is 0.270 e. The zero-order valence-corrected chi connectivity index (χ0v) is 19.1. The number of carbonyl (C=O) groups is 2. The summed E-state index contributed by atoms with van der Waals surface area (Å²) in [5.74, 6) is 0.650. The number of pyridine rings is 1. The molecule has 1 aromatic heterocycles. The average molecular weight is 467 g/mol. The van der Waals surface area contributed by atoms with E-state index in [-0.39, 0.29) is 24.0 Å². The first-order valence-electron chi connectivity index (χ1n) is 11.4. The summed E-state index contributed by atoms with van der Waals surface area (Å²) in [5, 5.41) is 12.5. The van der Waals surface area contributed by atoms with Crippen molar-refractivity contribution in [2.45, 2.75) is 50.7 Å². The normalized spacial score (nSPS) is 21.2. The van der Waals surface area contributed by atoms with Gasteiger partial charge in [-0.1, -0.05) is 11.6 Å². The van der Waals surface area contributed by atoms with Gasteiger partial charge in [0.25, 0.3) is 5.91 Å². The molecule has 8 heteroatoms. The Labute approximate surface area is 198 Å². The number of amides is 1. The van der Waals surface area contributed by atoms with E-state index in [0.29, 0.717) is 22.0 Å². The summed E-state index contributed by atoms with van der Waals surface area (Å²) >= 11 is 6.08. The SMILES string of the molecule is N#Cc1ccc(OC2CCC(NC(=O)c3ccc(N4CCC(C=O)CC4)cn3)CC2)cc1Cl. The Kier molecular flexibility index (Phi) is 7.46. The molecule has 0 atom stereocenters. The number of nitrogens with zero attached hydrogens (tertiary/aromatic N) is 3. The summed E-state index contributed by atoms with van der Waals surface area (Å²) in [7, 11) is 0. The van der Waals surface area contributed by atoms with E-state index in [1.807, 2.05) is 12.1 Å². The number of hydrogen-bond donors (Lipinski definition) is 1. The van der Waals surface area contributed by atoms with Crippen LogP contribution in [0, 0.1) is 17.2 Å². The van der Waals surface area contributed by atoms with Crippen LogP contribution >= 0.6 is 11.6 Å². The highest BCUT2D eigenvalue weighted by Crippen LogP contribution is 2.27. The van der Waals surface area contributed by atoms with Crippen molar-refractivity contribution in [1.82, 2.24) is 10.3 Å². The Hall–Kier alpha value is -3.11. The first-order valence-corrected chi connectivity index (χ1v) is 11.8. The second-order valence-electron chi connectivity index (χ2n) is 8.68. The highest BCUT2D eigenvalue weighted by Gasteiger charge is 2.25. The largest absolute Gasteiger partial charge is 0.490 e. The van der Waals surface area contributed by atoms with Gasteiger partial charge in [-0.15, -0.1) is 0 Å². The Bertz CT molecular complexity index is 1020. The third-order valence-electron chi connectivity index (χ3n) is 6.45. The van der Waals surface area contributed by atoms with Gasteiger partial charge in [0, 0.05) is 31.1 Å². The molecule has 172 valence electrons. The van der Waals surface area contributed by atoms with E-state index >= 15 is 0 Å². The minimum absolute atomic E-state index is 0.0583. The van der Waals surface area contributed by atoms with Gasteiger partial charge in [0.15, 0.2) is 0 Å². The Morgan fingerprint density at radius 1 is 1.15 bits per heavy atom. The molecular formula is C25H27ClN4O3. The molecule has 1 aliphatic carbocycles. The van der Waals surface area contributed by atoms with E-state index < -0.39 is 0 Å². The van der Waals surface area contributed by atoms with Crippen LogP contribution in [0.25, 0.3) is 0 Å². The number of hydrogen-bond acceptors (Lipinski definition) is 6. The number of nitriles is 1. The molecule has 1 saturated carbocycles. The molecule has 2 aromatic rings. The predicted molar refractivity (Wildman–Crippen MR) is 126 cm³/mol. The van der Waals surface area contributed by atoms with Gasteiger partial charge in [-0.25, -0.2) is 4.98 Å². The zero-order valence-electron chi connectivity index (χ0n) is 18.4. The number of anilines is 1. The van der Waals surface area contributed by atoms with Crippen LogP contribution in [0.5, 0.6) is 5.75 Å². The number of rotatable bonds is 6. The number of benzene rings is 1. The quantitative estimate of drug-likeness (QED) is 0.643. The van der Waals surface area contributed by atoms with Gasteiger partial charge in [0.05, 0.1) is 28.6 Å². The number of piperidine rings is 1. The van der Waals surface area contributed by atoms with Gasteiger partial charge in [-0.3, -0.25) is 4.79 Å². The van der Waals surface area contributed by atoms with E-state index in [4.69, 9.17) is 21.6 Å². The topological polar surface area (TPSA) is 95.3 Å². The monoisotopic (exact) mass is 466 g/mol. The molecule has 2 fully saturated rings. The minimum Gasteiger partial charge on any atom is -0.490 e. The van der Waals surface area contributed by atoms with E-state index in [2.05, 4.69) is 15.2 Å². The molecule has 0 bridgehead atoms. The molecule has 1 aliphatic heterocycles. The molecule has 2 heterocycles. The number of carbonyl (C=O) groups excluding carboxylic acids is 2. The molecule has 33 heavy (non-hydrogen) atoms. The number of aromatic nitrogens is 1. The van der Waals surface area contributed by atoms with Crippen LogP contribution in [0.15, 0.2) is 36.5 Å². The second kappa shape index (κ2) is 10.7. The van der Waals surface area contributed by atoms with Crippen molar-refractivity contribution in [1.29, 1.82) is 5.26 Å². The highest BCUT2D eigenvalue weighted by atomic mass is 35.5. The Morgan fingerprint density at radius 2 is 1.91 bits per heavy atom. The second-order valence-corrected chi connectivity index (χ2v) is 9.09. The fourth-order valence-electron chi connectivity index (χ4n) is 4.44. The number of nitrogens with one attached hydrogen (secondary N) is 1. The maximum absolute atomic E-state index is 12.7. The summed E-state index contributed by atoms with van der Waals surface area (Å²) in [6.45, 7) is 1.66. The maximum Gasteiger partial charge on any atom is 0.270 e. The number of ether oxygens (including phenoxy) is 1. The van der Waals surface area contributed by atoms with Crippen molar-refractivity contribution in [3.8, 4) is 11.8 Å². The van der Waals surface area contributed by atoms with Gasteiger partial charge in [0.2, 0.25) is 0 Å². The number of halogens is 1. The van der Waals surface area contributed by atoms with E-state index in [0.717, 1.165) is 63.6 Å². The van der Waals surface area contributed by atoms with E-state index in [1.165, 1.54) is 0 Å². The molecule has 1 amide bonds. The maximum atomic E-state index is 12.7. The first kappa shape index (κ1) is 23.1. The molecule has 1 aromatic carbocycles. The summed E-state index contributed by atoms with van der Waals surface area (Å²) in [5.41, 5.74) is 1.82. The van der Waals surface area contributed by atoms with Crippen molar-refractivity contribution in [2.24, 2.45) is 5.92 Å². The van der Waals surface area contributed by atoms with Crippen molar-refractivity contribution in [2.75, 3.05) is 18.0 Å². The van der Waals surface area contributed by atoms with Crippen molar-refractivity contribution in [3.05, 3.63) is 52.8 Å². The van der Waals surface area contributed by atoms with Crippen LogP contribution in [0.1, 0.15) is 54.6 Å². The number of aldehydes is 1. The minimum atomic E-state index is -0.163. The van der Waals surface area contributed by atoms with Gasteiger partial charge in [0.1, 0.15) is 23.8 Å². The lowest BCUT2D eigenvalue weighted by molar-refractivity contribution is -0.111. The summed E-state index contributed by atoms with van der Waals surface area (Å²) < 4.78 is 6.02. The standard InChI is InChI=1S/C25H27ClN4O3/c26-23-13-22(5-1-18(23)14-27)33-21-6-2-19(3-7-21)29-25(32)24-8-4-20(15-28-24)30-11-9-17(16-31)10-12-30/h1,4-5,8,13,15-17,19,21H,2-3,6-7,9-12H2,(H,29,32). The molecule has 2 aliphatic rings. The van der Waals surface area contributed by atoms with Gasteiger partial charge < -0.3 is 19.7 Å². The van der Waals surface area contributed by atoms with Crippen LogP contribution in [0.2, 0.25) is 5.02 Å². The van der Waals surface area contributed by atoms with Crippen molar-refractivity contribution >= 4 is 29.5 Å². The Morgan fingerprint density at radius 3 is 2.52 bits per heavy atom. The lowest BCUT2D eigenvalue weighted by Gasteiger charge is -2.31. The van der Waals surface area contributed by atoms with Crippen LogP contribution in [0.4, 0.5) is 5.69 Å². The molecule has 7 nitrogen and oxygen atoms in total. The van der Waals surface area contributed by atoms with Crippen LogP contribution < -0.4 is 15.0 Å². The third kappa shape index (κ3) is 5.82. The highest BCUT2D eigenvalue weighted by molar-refractivity contribution is 6.31. The van der Waals surface area contributed by atoms with Gasteiger partial charge in [-0.05, 0) is 62.8 Å². The van der Waals surface area contributed by atoms with Crippen LogP contribution in [0.3, 0.4) is 0 Å². The van der Waals surface area contributed by atoms with Crippen LogP contribution in [-0.4, -0.2) is 42.4 Å². The summed E-state index contributed by atoms with van der Waals surface area (Å²) in [6.07, 6.45) is 7.86.